The van der Waals surface area contributed by atoms with Gasteiger partial charge in [0.15, 0.2) is 0 Å². The van der Waals surface area contributed by atoms with Crippen LogP contribution in [0.25, 0.3) is 0 Å². The topological polar surface area (TPSA) is 0 Å². The van der Waals surface area contributed by atoms with Crippen molar-refractivity contribution in [3.05, 3.63) is 35.4 Å². The molecule has 0 nitrogen and oxygen atoms in total. The van der Waals surface area contributed by atoms with Crippen molar-refractivity contribution in [3.8, 4) is 0 Å². The molecule has 1 aliphatic heterocycles. The molecule has 176 valence electrons. The highest BCUT2D eigenvalue weighted by Gasteiger charge is 2.31. The minimum Gasteiger partial charge on any atom is -0.183 e. The first-order valence-electron chi connectivity index (χ1n) is 13.1. The molecule has 0 amide bonds. The van der Waals surface area contributed by atoms with Gasteiger partial charge in [-0.05, 0) is 60.6 Å². The Labute approximate surface area is 196 Å². The SMILES string of the molecule is CCCCC[SiH]1CCC(C2CCC(CCCCc3ccc(C(F)(F)Cl)cc3)CC2)CC1. The van der Waals surface area contributed by atoms with E-state index in [2.05, 4.69) is 6.92 Å². The van der Waals surface area contributed by atoms with Crippen LogP contribution in [-0.4, -0.2) is 8.80 Å². The summed E-state index contributed by atoms with van der Waals surface area (Å²) < 4.78 is 26.2. The molecule has 31 heavy (non-hydrogen) atoms. The van der Waals surface area contributed by atoms with E-state index in [1.807, 2.05) is 0 Å². The fourth-order valence-corrected chi connectivity index (χ4v) is 9.86. The average molecular weight is 469 g/mol. The molecule has 2 fully saturated rings. The summed E-state index contributed by atoms with van der Waals surface area (Å²) in [6.45, 7) is 2.32. The molecule has 1 aliphatic carbocycles. The number of rotatable bonds is 11. The quantitative estimate of drug-likeness (QED) is 0.172. The largest absolute Gasteiger partial charge is 0.348 e. The highest BCUT2D eigenvalue weighted by molar-refractivity contribution is 6.58. The lowest BCUT2D eigenvalue weighted by molar-refractivity contribution is 0.0951. The van der Waals surface area contributed by atoms with Crippen LogP contribution in [0, 0.1) is 17.8 Å². The molecular weight excluding hydrogens is 426 g/mol. The van der Waals surface area contributed by atoms with E-state index in [9.17, 15) is 8.78 Å². The van der Waals surface area contributed by atoms with Gasteiger partial charge in [0, 0.05) is 14.4 Å². The van der Waals surface area contributed by atoms with Crippen LogP contribution >= 0.6 is 11.6 Å². The lowest BCUT2D eigenvalue weighted by Crippen LogP contribution is -2.28. The molecule has 0 atom stereocenters. The maximum atomic E-state index is 13.1. The molecule has 1 saturated carbocycles. The molecule has 0 spiro atoms. The summed E-state index contributed by atoms with van der Waals surface area (Å²) in [6.07, 6.45) is 18.0. The van der Waals surface area contributed by atoms with Gasteiger partial charge < -0.3 is 0 Å². The van der Waals surface area contributed by atoms with E-state index >= 15 is 0 Å². The second-order valence-corrected chi connectivity index (χ2v) is 14.4. The zero-order valence-electron chi connectivity index (χ0n) is 19.6. The van der Waals surface area contributed by atoms with Crippen LogP contribution in [0.5, 0.6) is 0 Å². The highest BCUT2D eigenvalue weighted by atomic mass is 35.5. The van der Waals surface area contributed by atoms with Crippen molar-refractivity contribution in [2.75, 3.05) is 0 Å². The predicted molar refractivity (Wildman–Crippen MR) is 133 cm³/mol. The summed E-state index contributed by atoms with van der Waals surface area (Å²) in [6, 6.07) is 11.4. The third kappa shape index (κ3) is 8.46. The van der Waals surface area contributed by atoms with Crippen molar-refractivity contribution < 1.29 is 8.78 Å². The van der Waals surface area contributed by atoms with Gasteiger partial charge in [0.2, 0.25) is 0 Å². The molecule has 1 saturated heterocycles. The molecule has 0 radical (unpaired) electrons. The van der Waals surface area contributed by atoms with Crippen molar-refractivity contribution in [1.82, 2.24) is 0 Å². The maximum Gasteiger partial charge on any atom is 0.348 e. The van der Waals surface area contributed by atoms with Crippen LogP contribution in [0.2, 0.25) is 18.1 Å². The van der Waals surface area contributed by atoms with Gasteiger partial charge in [-0.1, -0.05) is 107 Å². The summed E-state index contributed by atoms with van der Waals surface area (Å²) in [5.74, 6) is 3.01. The predicted octanol–water partition coefficient (Wildman–Crippen LogP) is 9.32. The minimum absolute atomic E-state index is 0.109. The van der Waals surface area contributed by atoms with Crippen molar-refractivity contribution in [2.24, 2.45) is 17.8 Å². The first-order valence-corrected chi connectivity index (χ1v) is 15.9. The lowest BCUT2D eigenvalue weighted by atomic mass is 9.73. The van der Waals surface area contributed by atoms with Gasteiger partial charge in [-0.25, -0.2) is 0 Å². The smallest absolute Gasteiger partial charge is 0.183 e. The molecule has 0 unspecified atom stereocenters. The van der Waals surface area contributed by atoms with Crippen LogP contribution in [0.1, 0.15) is 95.1 Å². The molecule has 0 aromatic heterocycles. The normalized spacial score (nSPS) is 27.4. The number of aryl methyl sites for hydroxylation is 1. The number of halogens is 3. The molecule has 0 N–H and O–H groups in total. The van der Waals surface area contributed by atoms with E-state index in [1.165, 1.54) is 69.9 Å². The number of benzene rings is 1. The Bertz CT molecular complexity index is 611. The number of unbranched alkanes of at least 4 members (excludes halogenated alkanes) is 3. The molecule has 4 heteroatoms. The minimum atomic E-state index is -3.26. The van der Waals surface area contributed by atoms with E-state index in [4.69, 9.17) is 11.6 Å². The monoisotopic (exact) mass is 468 g/mol. The molecular formula is C27H43ClF2Si. The molecule has 1 aromatic carbocycles. The van der Waals surface area contributed by atoms with E-state index < -0.39 is 5.38 Å². The Morgan fingerprint density at radius 3 is 2.13 bits per heavy atom. The fourth-order valence-electron chi connectivity index (χ4n) is 6.20. The van der Waals surface area contributed by atoms with Crippen LogP contribution in [0.15, 0.2) is 24.3 Å². The summed E-state index contributed by atoms with van der Waals surface area (Å²) in [5.41, 5.74) is 1.03. The third-order valence-corrected chi connectivity index (χ3v) is 12.0. The second kappa shape index (κ2) is 12.7. The second-order valence-electron chi connectivity index (χ2n) is 10.5. The van der Waals surface area contributed by atoms with Crippen LogP contribution in [0.3, 0.4) is 0 Å². The molecule has 0 bridgehead atoms. The van der Waals surface area contributed by atoms with Gasteiger partial charge in [0.25, 0.3) is 0 Å². The van der Waals surface area contributed by atoms with Gasteiger partial charge in [0.05, 0.1) is 0 Å². The van der Waals surface area contributed by atoms with Crippen LogP contribution < -0.4 is 0 Å². The standard InChI is InChI=1S/C27H43ClF2Si/c1-2-3-6-19-31-20-17-25(18-21-31)24-13-9-22(10-14-24)7-4-5-8-23-11-15-26(16-12-23)27(28,29)30/h11-12,15-16,22,24-25,31H,2-10,13-14,17-21H2,1H3. The van der Waals surface area contributed by atoms with Crippen LogP contribution in [0.4, 0.5) is 8.78 Å². The van der Waals surface area contributed by atoms with E-state index in [0.717, 1.165) is 36.2 Å². The Balaban J connectivity index is 1.26. The summed E-state index contributed by atoms with van der Waals surface area (Å²) >= 11 is 5.08. The van der Waals surface area contributed by atoms with Crippen molar-refractivity contribution >= 4 is 20.4 Å². The van der Waals surface area contributed by atoms with Crippen molar-refractivity contribution in [2.45, 2.75) is 114 Å². The van der Waals surface area contributed by atoms with E-state index in [-0.39, 0.29) is 14.4 Å². The van der Waals surface area contributed by atoms with Gasteiger partial charge in [-0.2, -0.15) is 8.78 Å². The van der Waals surface area contributed by atoms with Gasteiger partial charge in [0.1, 0.15) is 0 Å². The first kappa shape index (κ1) is 25.2. The Morgan fingerprint density at radius 1 is 0.871 bits per heavy atom. The Morgan fingerprint density at radius 2 is 1.52 bits per heavy atom. The van der Waals surface area contributed by atoms with E-state index in [1.54, 1.807) is 43.1 Å². The Kier molecular flexibility index (Phi) is 10.4. The number of hydrogen-bond acceptors (Lipinski definition) is 0. The summed E-state index contributed by atoms with van der Waals surface area (Å²) in [4.78, 5) is 0. The molecule has 2 aliphatic rings. The maximum absolute atomic E-state index is 13.1. The van der Waals surface area contributed by atoms with Gasteiger partial charge in [-0.15, -0.1) is 0 Å². The Hall–Kier alpha value is -0.413. The van der Waals surface area contributed by atoms with Crippen LogP contribution in [-0.2, 0) is 11.8 Å². The first-order chi connectivity index (χ1) is 15.0. The van der Waals surface area contributed by atoms with E-state index in [0.29, 0.717) is 0 Å². The number of alkyl halides is 3. The third-order valence-electron chi connectivity index (χ3n) is 8.27. The van der Waals surface area contributed by atoms with Gasteiger partial charge in [-0.3, -0.25) is 0 Å². The zero-order chi connectivity index (χ0) is 22.1. The number of hydrogen-bond donors (Lipinski definition) is 0. The zero-order valence-corrected chi connectivity index (χ0v) is 21.5. The summed E-state index contributed by atoms with van der Waals surface area (Å²) in [7, 11) is -0.364. The average Bonchev–Trinajstić information content (AvgIpc) is 2.78. The fraction of sp³-hybridized carbons (Fsp3) is 0.778. The molecule has 1 heterocycles. The summed E-state index contributed by atoms with van der Waals surface area (Å²) in [5, 5.41) is -3.26. The molecule has 3 rings (SSSR count). The van der Waals surface area contributed by atoms with Crippen molar-refractivity contribution in [3.63, 3.8) is 0 Å². The lowest BCUT2D eigenvalue weighted by Gasteiger charge is -2.37. The van der Waals surface area contributed by atoms with Gasteiger partial charge >= 0.3 is 5.38 Å². The van der Waals surface area contributed by atoms with Crippen molar-refractivity contribution in [1.29, 1.82) is 0 Å². The highest BCUT2D eigenvalue weighted by Crippen LogP contribution is 2.42. The molecule has 1 aromatic rings.